The van der Waals surface area contributed by atoms with Gasteiger partial charge in [0.25, 0.3) is 0 Å². The van der Waals surface area contributed by atoms with E-state index in [4.69, 9.17) is 0 Å². The van der Waals surface area contributed by atoms with Gasteiger partial charge in [-0.1, -0.05) is 24.1 Å². The SMILES string of the molecule is CC#CCC(=O)Cc1cccc(C(F)(F)F)c1. The molecule has 1 aromatic rings. The molecule has 0 aliphatic rings. The first-order valence-corrected chi connectivity index (χ1v) is 5.01. The van der Waals surface area contributed by atoms with Gasteiger partial charge in [0, 0.05) is 6.42 Å². The molecule has 0 radical (unpaired) electrons. The Kier molecular flexibility index (Phi) is 4.33. The molecular formula is C13H11F3O. The molecule has 0 aliphatic carbocycles. The fourth-order valence-corrected chi connectivity index (χ4v) is 1.33. The average Bonchev–Trinajstić information content (AvgIpc) is 2.25. The van der Waals surface area contributed by atoms with Crippen molar-refractivity contribution >= 4 is 5.78 Å². The maximum atomic E-state index is 12.4. The molecular weight excluding hydrogens is 229 g/mol. The van der Waals surface area contributed by atoms with E-state index < -0.39 is 11.7 Å². The number of carbonyl (C=O) groups excluding carboxylic acids is 1. The van der Waals surface area contributed by atoms with Crippen molar-refractivity contribution in [3.8, 4) is 11.8 Å². The Morgan fingerprint density at radius 2 is 2.06 bits per heavy atom. The number of rotatable bonds is 3. The summed E-state index contributed by atoms with van der Waals surface area (Å²) in [6.45, 7) is 1.61. The third-order valence-corrected chi connectivity index (χ3v) is 2.12. The molecule has 1 nitrogen and oxygen atoms in total. The molecule has 0 bridgehead atoms. The van der Waals surface area contributed by atoms with Crippen molar-refractivity contribution in [3.63, 3.8) is 0 Å². The summed E-state index contributed by atoms with van der Waals surface area (Å²) in [5.41, 5.74) is -0.368. The minimum Gasteiger partial charge on any atom is -0.298 e. The molecule has 0 spiro atoms. The van der Waals surface area contributed by atoms with Crippen LogP contribution in [0.5, 0.6) is 0 Å². The minimum absolute atomic E-state index is 0.0153. The van der Waals surface area contributed by atoms with Crippen LogP contribution in [0.1, 0.15) is 24.5 Å². The summed E-state index contributed by atoms with van der Waals surface area (Å²) in [5, 5.41) is 0. The lowest BCUT2D eigenvalue weighted by Crippen LogP contribution is -2.07. The predicted octanol–water partition coefficient (Wildman–Crippen LogP) is 3.23. The van der Waals surface area contributed by atoms with Gasteiger partial charge in [0.2, 0.25) is 0 Å². The standard InChI is InChI=1S/C13H11F3O/c1-2-3-7-12(17)9-10-5-4-6-11(8-10)13(14,15)16/h4-6,8H,7,9H2,1H3. The summed E-state index contributed by atoms with van der Waals surface area (Å²) in [4.78, 5) is 11.3. The molecule has 17 heavy (non-hydrogen) atoms. The second-order valence-corrected chi connectivity index (χ2v) is 3.52. The zero-order chi connectivity index (χ0) is 12.9. The lowest BCUT2D eigenvalue weighted by atomic mass is 10.0. The van der Waals surface area contributed by atoms with Gasteiger partial charge in [-0.2, -0.15) is 13.2 Å². The minimum atomic E-state index is -4.37. The zero-order valence-electron chi connectivity index (χ0n) is 9.27. The monoisotopic (exact) mass is 240 g/mol. The maximum Gasteiger partial charge on any atom is 0.416 e. The van der Waals surface area contributed by atoms with Crippen LogP contribution in [0.25, 0.3) is 0 Å². The van der Waals surface area contributed by atoms with E-state index in [1.807, 2.05) is 0 Å². The van der Waals surface area contributed by atoms with Crippen molar-refractivity contribution in [3.05, 3.63) is 35.4 Å². The number of benzene rings is 1. The van der Waals surface area contributed by atoms with Gasteiger partial charge in [-0.25, -0.2) is 0 Å². The van der Waals surface area contributed by atoms with Crippen LogP contribution in [0, 0.1) is 11.8 Å². The first-order valence-electron chi connectivity index (χ1n) is 5.01. The second kappa shape index (κ2) is 5.53. The highest BCUT2D eigenvalue weighted by molar-refractivity contribution is 5.83. The van der Waals surface area contributed by atoms with Crippen molar-refractivity contribution in [1.29, 1.82) is 0 Å². The molecule has 0 saturated carbocycles. The maximum absolute atomic E-state index is 12.4. The van der Waals surface area contributed by atoms with Crippen LogP contribution in [0.15, 0.2) is 24.3 Å². The Balaban J connectivity index is 2.78. The molecule has 0 N–H and O–H groups in total. The predicted molar refractivity (Wildman–Crippen MR) is 58.2 cm³/mol. The molecule has 4 heteroatoms. The van der Waals surface area contributed by atoms with E-state index in [1.54, 1.807) is 6.92 Å². The fraction of sp³-hybridized carbons (Fsp3) is 0.308. The number of hydrogen-bond acceptors (Lipinski definition) is 1. The largest absolute Gasteiger partial charge is 0.416 e. The van der Waals surface area contributed by atoms with Crippen molar-refractivity contribution in [2.24, 2.45) is 0 Å². The smallest absolute Gasteiger partial charge is 0.298 e. The Bertz CT molecular complexity index is 464. The quantitative estimate of drug-likeness (QED) is 0.741. The second-order valence-electron chi connectivity index (χ2n) is 3.52. The van der Waals surface area contributed by atoms with Crippen LogP contribution in [-0.4, -0.2) is 5.78 Å². The molecule has 0 saturated heterocycles. The third-order valence-electron chi connectivity index (χ3n) is 2.12. The first-order chi connectivity index (χ1) is 7.93. The number of Topliss-reactive ketones (excluding diaryl/α,β-unsaturated/α-hetero) is 1. The molecule has 0 aromatic heterocycles. The topological polar surface area (TPSA) is 17.1 Å². The van der Waals surface area contributed by atoms with Gasteiger partial charge in [0.15, 0.2) is 0 Å². The van der Waals surface area contributed by atoms with Gasteiger partial charge in [0.1, 0.15) is 5.78 Å². The van der Waals surface area contributed by atoms with Crippen LogP contribution in [0.3, 0.4) is 0 Å². The Hall–Kier alpha value is -1.76. The van der Waals surface area contributed by atoms with Crippen molar-refractivity contribution in [2.45, 2.75) is 25.9 Å². The Morgan fingerprint density at radius 1 is 1.35 bits per heavy atom. The van der Waals surface area contributed by atoms with E-state index in [0.29, 0.717) is 5.56 Å². The van der Waals surface area contributed by atoms with Gasteiger partial charge in [-0.3, -0.25) is 4.79 Å². The van der Waals surface area contributed by atoms with Crippen LogP contribution in [0.2, 0.25) is 0 Å². The summed E-state index contributed by atoms with van der Waals surface area (Å²) in [6, 6.07) is 4.79. The van der Waals surface area contributed by atoms with Crippen molar-refractivity contribution in [2.75, 3.05) is 0 Å². The van der Waals surface area contributed by atoms with E-state index in [0.717, 1.165) is 12.1 Å². The van der Waals surface area contributed by atoms with Crippen LogP contribution in [0.4, 0.5) is 13.2 Å². The molecule has 1 aromatic carbocycles. The Labute approximate surface area is 97.6 Å². The van der Waals surface area contributed by atoms with E-state index in [2.05, 4.69) is 11.8 Å². The molecule has 0 unspecified atom stereocenters. The fourth-order valence-electron chi connectivity index (χ4n) is 1.33. The summed E-state index contributed by atoms with van der Waals surface area (Å²) in [7, 11) is 0. The molecule has 0 atom stereocenters. The lowest BCUT2D eigenvalue weighted by molar-refractivity contribution is -0.137. The van der Waals surface area contributed by atoms with E-state index >= 15 is 0 Å². The molecule has 1 rings (SSSR count). The van der Waals surface area contributed by atoms with Gasteiger partial charge >= 0.3 is 6.18 Å². The summed E-state index contributed by atoms with van der Waals surface area (Å²) in [6.07, 6.45) is -4.31. The van der Waals surface area contributed by atoms with Crippen molar-refractivity contribution in [1.82, 2.24) is 0 Å². The van der Waals surface area contributed by atoms with Crippen LogP contribution < -0.4 is 0 Å². The van der Waals surface area contributed by atoms with Gasteiger partial charge in [0.05, 0.1) is 12.0 Å². The third kappa shape index (κ3) is 4.31. The highest BCUT2D eigenvalue weighted by Gasteiger charge is 2.30. The van der Waals surface area contributed by atoms with E-state index in [9.17, 15) is 18.0 Å². The number of alkyl halides is 3. The number of hydrogen-bond donors (Lipinski definition) is 0. The highest BCUT2D eigenvalue weighted by Crippen LogP contribution is 2.29. The summed E-state index contributed by atoms with van der Waals surface area (Å²) < 4.78 is 37.2. The number of carbonyl (C=O) groups is 1. The highest BCUT2D eigenvalue weighted by atomic mass is 19.4. The van der Waals surface area contributed by atoms with Crippen LogP contribution in [-0.2, 0) is 17.4 Å². The number of halogens is 3. The lowest BCUT2D eigenvalue weighted by Gasteiger charge is -2.07. The first kappa shape index (κ1) is 13.3. The summed E-state index contributed by atoms with van der Waals surface area (Å²) in [5.74, 6) is 4.98. The molecule has 0 heterocycles. The molecule has 90 valence electrons. The molecule has 0 amide bonds. The van der Waals surface area contributed by atoms with Gasteiger partial charge < -0.3 is 0 Å². The summed E-state index contributed by atoms with van der Waals surface area (Å²) >= 11 is 0. The van der Waals surface area contributed by atoms with Gasteiger partial charge in [-0.05, 0) is 18.6 Å². The number of ketones is 1. The Morgan fingerprint density at radius 3 is 2.65 bits per heavy atom. The van der Waals surface area contributed by atoms with Crippen LogP contribution >= 0.6 is 0 Å². The van der Waals surface area contributed by atoms with Crippen molar-refractivity contribution < 1.29 is 18.0 Å². The van der Waals surface area contributed by atoms with E-state index in [-0.39, 0.29) is 18.6 Å². The van der Waals surface area contributed by atoms with E-state index in [1.165, 1.54) is 12.1 Å². The molecule has 0 aliphatic heterocycles. The molecule has 0 fully saturated rings. The normalized spacial score (nSPS) is 10.6. The average molecular weight is 240 g/mol. The van der Waals surface area contributed by atoms with Gasteiger partial charge in [-0.15, -0.1) is 5.92 Å². The zero-order valence-corrected chi connectivity index (χ0v) is 9.27.